The zero-order valence-electron chi connectivity index (χ0n) is 10.6. The van der Waals surface area contributed by atoms with E-state index in [1.807, 2.05) is 14.0 Å². The van der Waals surface area contributed by atoms with Gasteiger partial charge >= 0.3 is 5.97 Å². The van der Waals surface area contributed by atoms with Crippen LogP contribution in [0.1, 0.15) is 27.3 Å². The predicted octanol–water partition coefficient (Wildman–Crippen LogP) is 2.21. The van der Waals surface area contributed by atoms with Gasteiger partial charge in [0.05, 0.1) is 12.0 Å². The molecule has 0 saturated heterocycles. The van der Waals surface area contributed by atoms with E-state index in [-0.39, 0.29) is 5.69 Å². The second-order valence-electron chi connectivity index (χ2n) is 4.44. The molecule has 18 heavy (non-hydrogen) atoms. The minimum absolute atomic E-state index is 0.157. The fraction of sp³-hybridized carbons (Fsp3) is 0.286. The number of hydrogen-bond donors (Lipinski definition) is 1. The van der Waals surface area contributed by atoms with Gasteiger partial charge in [0, 0.05) is 7.05 Å². The summed E-state index contributed by atoms with van der Waals surface area (Å²) in [6.45, 7) is 2.05. The van der Waals surface area contributed by atoms with Crippen molar-refractivity contribution < 1.29 is 9.90 Å². The molecular weight excluding hydrogens is 228 g/mol. The van der Waals surface area contributed by atoms with Crippen molar-refractivity contribution >= 4 is 5.97 Å². The van der Waals surface area contributed by atoms with Crippen LogP contribution >= 0.6 is 0 Å². The van der Waals surface area contributed by atoms with Gasteiger partial charge in [-0.15, -0.1) is 0 Å². The highest BCUT2D eigenvalue weighted by Crippen LogP contribution is 2.12. The van der Waals surface area contributed by atoms with E-state index in [9.17, 15) is 4.79 Å². The molecule has 0 atom stereocenters. The van der Waals surface area contributed by atoms with Crippen LogP contribution in [0.5, 0.6) is 0 Å². The van der Waals surface area contributed by atoms with Gasteiger partial charge in [0.25, 0.3) is 0 Å². The number of carboxylic acid groups (broad SMARTS) is 1. The van der Waals surface area contributed by atoms with Gasteiger partial charge in [-0.1, -0.05) is 29.8 Å². The molecule has 0 fully saturated rings. The second-order valence-corrected chi connectivity index (χ2v) is 4.44. The molecule has 4 heteroatoms. The Morgan fingerprint density at radius 3 is 2.56 bits per heavy atom. The van der Waals surface area contributed by atoms with Crippen LogP contribution in [0.15, 0.2) is 30.6 Å². The molecule has 0 aliphatic rings. The third-order valence-corrected chi connectivity index (χ3v) is 3.03. The first-order chi connectivity index (χ1) is 8.58. The summed E-state index contributed by atoms with van der Waals surface area (Å²) in [4.78, 5) is 14.9. The van der Waals surface area contributed by atoms with E-state index >= 15 is 0 Å². The van der Waals surface area contributed by atoms with E-state index in [0.29, 0.717) is 6.42 Å². The van der Waals surface area contributed by atoms with Crippen LogP contribution in [0, 0.1) is 6.92 Å². The zero-order valence-corrected chi connectivity index (χ0v) is 10.6. The summed E-state index contributed by atoms with van der Waals surface area (Å²) in [7, 11) is 1.82. The molecule has 0 unspecified atom stereocenters. The first-order valence-electron chi connectivity index (χ1n) is 5.87. The first kappa shape index (κ1) is 12.4. The molecule has 2 rings (SSSR count). The lowest BCUT2D eigenvalue weighted by molar-refractivity contribution is 0.0689. The maximum Gasteiger partial charge on any atom is 0.356 e. The minimum Gasteiger partial charge on any atom is -0.476 e. The lowest BCUT2D eigenvalue weighted by Gasteiger charge is -2.05. The number of benzene rings is 1. The number of imidazole rings is 1. The normalized spacial score (nSPS) is 10.6. The van der Waals surface area contributed by atoms with Gasteiger partial charge in [-0.2, -0.15) is 0 Å². The number of carboxylic acids is 1. The lowest BCUT2D eigenvalue weighted by atomic mass is 10.1. The fourth-order valence-electron chi connectivity index (χ4n) is 1.95. The zero-order chi connectivity index (χ0) is 13.1. The van der Waals surface area contributed by atoms with Gasteiger partial charge in [0.2, 0.25) is 0 Å². The fourth-order valence-corrected chi connectivity index (χ4v) is 1.95. The SMILES string of the molecule is Cc1ccc(CCc2c(C(=O)O)ncn2C)cc1. The number of aryl methyl sites for hydroxylation is 3. The Kier molecular flexibility index (Phi) is 3.46. The van der Waals surface area contributed by atoms with Gasteiger partial charge < -0.3 is 9.67 Å². The van der Waals surface area contributed by atoms with Crippen LogP contribution in [-0.4, -0.2) is 20.6 Å². The van der Waals surface area contributed by atoms with Crippen LogP contribution < -0.4 is 0 Å². The molecule has 1 heterocycles. The Morgan fingerprint density at radius 2 is 1.94 bits per heavy atom. The number of aromatic nitrogens is 2. The molecule has 0 amide bonds. The second kappa shape index (κ2) is 5.04. The van der Waals surface area contributed by atoms with Crippen molar-refractivity contribution in [2.75, 3.05) is 0 Å². The summed E-state index contributed by atoms with van der Waals surface area (Å²) >= 11 is 0. The molecule has 0 aliphatic carbocycles. The molecule has 1 N–H and O–H groups in total. The van der Waals surface area contributed by atoms with Crippen molar-refractivity contribution in [1.29, 1.82) is 0 Å². The highest BCUT2D eigenvalue weighted by atomic mass is 16.4. The summed E-state index contributed by atoms with van der Waals surface area (Å²) in [5.41, 5.74) is 3.36. The topological polar surface area (TPSA) is 55.1 Å². The average molecular weight is 244 g/mol. The van der Waals surface area contributed by atoms with E-state index in [1.165, 1.54) is 11.1 Å². The molecule has 0 radical (unpaired) electrons. The molecule has 0 saturated carbocycles. The highest BCUT2D eigenvalue weighted by Gasteiger charge is 2.15. The predicted molar refractivity (Wildman–Crippen MR) is 68.8 cm³/mol. The van der Waals surface area contributed by atoms with Crippen LogP contribution in [0.3, 0.4) is 0 Å². The molecule has 2 aromatic rings. The van der Waals surface area contributed by atoms with Gasteiger partial charge in [-0.25, -0.2) is 9.78 Å². The summed E-state index contributed by atoms with van der Waals surface area (Å²) in [6.07, 6.45) is 3.05. The van der Waals surface area contributed by atoms with Crippen LogP contribution in [-0.2, 0) is 19.9 Å². The molecule has 94 valence electrons. The first-order valence-corrected chi connectivity index (χ1v) is 5.87. The van der Waals surface area contributed by atoms with Crippen LogP contribution in [0.2, 0.25) is 0 Å². The Balaban J connectivity index is 2.12. The Hall–Kier alpha value is -2.10. The maximum absolute atomic E-state index is 11.0. The van der Waals surface area contributed by atoms with E-state index in [0.717, 1.165) is 12.1 Å². The van der Waals surface area contributed by atoms with E-state index in [4.69, 9.17) is 5.11 Å². The number of nitrogens with zero attached hydrogens (tertiary/aromatic N) is 2. The Morgan fingerprint density at radius 1 is 1.28 bits per heavy atom. The monoisotopic (exact) mass is 244 g/mol. The van der Waals surface area contributed by atoms with Crippen LogP contribution in [0.25, 0.3) is 0 Å². The molecular formula is C14H16N2O2. The average Bonchev–Trinajstić information content (AvgIpc) is 2.70. The van der Waals surface area contributed by atoms with E-state index in [2.05, 4.69) is 29.2 Å². The summed E-state index contributed by atoms with van der Waals surface area (Å²) in [5.74, 6) is -0.963. The highest BCUT2D eigenvalue weighted by molar-refractivity contribution is 5.86. The number of aromatic carboxylic acids is 1. The smallest absolute Gasteiger partial charge is 0.356 e. The lowest BCUT2D eigenvalue weighted by Crippen LogP contribution is -2.06. The number of rotatable bonds is 4. The van der Waals surface area contributed by atoms with Gasteiger partial charge in [0.15, 0.2) is 5.69 Å². The van der Waals surface area contributed by atoms with Crippen molar-refractivity contribution in [1.82, 2.24) is 9.55 Å². The molecule has 0 spiro atoms. The molecule has 0 bridgehead atoms. The molecule has 0 aliphatic heterocycles. The van der Waals surface area contributed by atoms with E-state index in [1.54, 1.807) is 10.9 Å². The van der Waals surface area contributed by atoms with Crippen molar-refractivity contribution in [2.24, 2.45) is 7.05 Å². The molecule has 4 nitrogen and oxygen atoms in total. The number of hydrogen-bond acceptors (Lipinski definition) is 2. The summed E-state index contributed by atoms with van der Waals surface area (Å²) in [5, 5.41) is 9.04. The minimum atomic E-state index is -0.963. The van der Waals surface area contributed by atoms with Gasteiger partial charge in [-0.05, 0) is 25.3 Å². The maximum atomic E-state index is 11.0. The van der Waals surface area contributed by atoms with Crippen molar-refractivity contribution in [3.8, 4) is 0 Å². The Bertz CT molecular complexity index is 556. The van der Waals surface area contributed by atoms with Crippen molar-refractivity contribution in [3.05, 3.63) is 53.1 Å². The molecule has 1 aromatic heterocycles. The van der Waals surface area contributed by atoms with Crippen LogP contribution in [0.4, 0.5) is 0 Å². The van der Waals surface area contributed by atoms with Crippen molar-refractivity contribution in [3.63, 3.8) is 0 Å². The van der Waals surface area contributed by atoms with Gasteiger partial charge in [0.1, 0.15) is 0 Å². The third kappa shape index (κ3) is 2.59. The summed E-state index contributed by atoms with van der Waals surface area (Å²) < 4.78 is 1.78. The van der Waals surface area contributed by atoms with Gasteiger partial charge in [-0.3, -0.25) is 0 Å². The summed E-state index contributed by atoms with van der Waals surface area (Å²) in [6, 6.07) is 8.28. The quantitative estimate of drug-likeness (QED) is 0.897. The Labute approximate surface area is 106 Å². The van der Waals surface area contributed by atoms with Crippen molar-refractivity contribution in [2.45, 2.75) is 19.8 Å². The number of carbonyl (C=O) groups is 1. The largest absolute Gasteiger partial charge is 0.476 e. The van der Waals surface area contributed by atoms with E-state index < -0.39 is 5.97 Å². The third-order valence-electron chi connectivity index (χ3n) is 3.03. The molecule has 1 aromatic carbocycles. The standard InChI is InChI=1S/C14H16N2O2/c1-10-3-5-11(6-4-10)7-8-12-13(14(17)18)15-9-16(12)2/h3-6,9H,7-8H2,1-2H3,(H,17,18).